The van der Waals surface area contributed by atoms with E-state index in [9.17, 15) is 9.59 Å². The van der Waals surface area contributed by atoms with E-state index in [1.807, 2.05) is 26.0 Å². The number of aromatic nitrogens is 1. The van der Waals surface area contributed by atoms with Gasteiger partial charge in [-0.05, 0) is 42.8 Å². The van der Waals surface area contributed by atoms with Crippen LogP contribution in [0.2, 0.25) is 0 Å². The van der Waals surface area contributed by atoms with Gasteiger partial charge >= 0.3 is 0 Å². The SMILES string of the molecule is CCC(=O)N(C)c1ccc(Oc2ccnc3cc(OC)c(C(N)=O)cc23)cc1C. The molecule has 1 aromatic heterocycles. The summed E-state index contributed by atoms with van der Waals surface area (Å²) in [5.74, 6) is 0.938. The topological polar surface area (TPSA) is 94.8 Å². The lowest BCUT2D eigenvalue weighted by Gasteiger charge is -2.19. The molecule has 7 nitrogen and oxygen atoms in total. The molecule has 2 aromatic carbocycles. The Morgan fingerprint density at radius 2 is 1.90 bits per heavy atom. The Morgan fingerprint density at radius 1 is 1.14 bits per heavy atom. The summed E-state index contributed by atoms with van der Waals surface area (Å²) in [4.78, 5) is 29.7. The summed E-state index contributed by atoms with van der Waals surface area (Å²) in [5, 5.41) is 0.641. The number of carbonyl (C=O) groups is 2. The number of amides is 2. The van der Waals surface area contributed by atoms with Crippen molar-refractivity contribution in [1.29, 1.82) is 0 Å². The van der Waals surface area contributed by atoms with Crippen LogP contribution >= 0.6 is 0 Å². The highest BCUT2D eigenvalue weighted by molar-refractivity contribution is 6.01. The van der Waals surface area contributed by atoms with Crippen molar-refractivity contribution in [1.82, 2.24) is 4.98 Å². The number of hydrogen-bond acceptors (Lipinski definition) is 5. The number of hydrogen-bond donors (Lipinski definition) is 1. The molecule has 0 unspecified atom stereocenters. The number of primary amides is 1. The van der Waals surface area contributed by atoms with Crippen LogP contribution in [0.15, 0.2) is 42.6 Å². The van der Waals surface area contributed by atoms with Crippen LogP contribution in [0.4, 0.5) is 5.69 Å². The van der Waals surface area contributed by atoms with E-state index in [0.29, 0.717) is 34.6 Å². The third kappa shape index (κ3) is 3.99. The van der Waals surface area contributed by atoms with Crippen LogP contribution in [0.5, 0.6) is 17.2 Å². The average Bonchev–Trinajstić information content (AvgIpc) is 2.72. The van der Waals surface area contributed by atoms with Gasteiger partial charge in [0.05, 0.1) is 18.2 Å². The van der Waals surface area contributed by atoms with Gasteiger partial charge in [0.1, 0.15) is 17.2 Å². The fraction of sp³-hybridized carbons (Fsp3) is 0.227. The molecule has 2 amide bonds. The summed E-state index contributed by atoms with van der Waals surface area (Å²) in [6, 6.07) is 10.5. The van der Waals surface area contributed by atoms with Gasteiger partial charge in [-0.3, -0.25) is 14.6 Å². The second-order valence-corrected chi connectivity index (χ2v) is 6.60. The predicted molar refractivity (Wildman–Crippen MR) is 112 cm³/mol. The quantitative estimate of drug-likeness (QED) is 0.687. The van der Waals surface area contributed by atoms with Gasteiger partial charge in [-0.1, -0.05) is 6.92 Å². The molecule has 3 rings (SSSR count). The largest absolute Gasteiger partial charge is 0.496 e. The number of ether oxygens (including phenoxy) is 2. The molecule has 0 aliphatic carbocycles. The Kier molecular flexibility index (Phi) is 5.68. The summed E-state index contributed by atoms with van der Waals surface area (Å²) < 4.78 is 11.3. The molecule has 0 saturated carbocycles. The first-order chi connectivity index (χ1) is 13.8. The highest BCUT2D eigenvalue weighted by Crippen LogP contribution is 2.34. The molecule has 7 heteroatoms. The standard InChI is InChI=1S/C22H23N3O4/c1-5-21(26)25(3)18-7-6-14(10-13(18)2)29-19-8-9-24-17-12-20(28-4)16(22(23)27)11-15(17)19/h6-12H,5H2,1-4H3,(H2,23,27). The van der Waals surface area contributed by atoms with Crippen molar-refractivity contribution in [2.24, 2.45) is 5.73 Å². The number of fused-ring (bicyclic) bond motifs is 1. The van der Waals surface area contributed by atoms with Crippen LogP contribution in [0.25, 0.3) is 10.9 Å². The second-order valence-electron chi connectivity index (χ2n) is 6.60. The first-order valence-corrected chi connectivity index (χ1v) is 9.17. The molecule has 0 aliphatic heterocycles. The van der Waals surface area contributed by atoms with Gasteiger partial charge in [-0.15, -0.1) is 0 Å². The predicted octanol–water partition coefficient (Wildman–Crippen LogP) is 3.82. The zero-order chi connectivity index (χ0) is 21.1. The third-order valence-corrected chi connectivity index (χ3v) is 4.72. The number of nitrogens with zero attached hydrogens (tertiary/aromatic N) is 2. The Labute approximate surface area is 169 Å². The van der Waals surface area contributed by atoms with Gasteiger partial charge < -0.3 is 20.1 Å². The fourth-order valence-corrected chi connectivity index (χ4v) is 3.16. The molecule has 0 fully saturated rings. The summed E-state index contributed by atoms with van der Waals surface area (Å²) in [6.07, 6.45) is 2.05. The van der Waals surface area contributed by atoms with Crippen LogP contribution in [0, 0.1) is 6.92 Å². The Bertz CT molecular complexity index is 1090. The maximum absolute atomic E-state index is 12.0. The second kappa shape index (κ2) is 8.18. The molecule has 150 valence electrons. The van der Waals surface area contributed by atoms with Crippen molar-refractivity contribution in [3.63, 3.8) is 0 Å². The summed E-state index contributed by atoms with van der Waals surface area (Å²) in [7, 11) is 3.22. The summed E-state index contributed by atoms with van der Waals surface area (Å²) in [6.45, 7) is 3.75. The van der Waals surface area contributed by atoms with Gasteiger partial charge in [0, 0.05) is 36.8 Å². The van der Waals surface area contributed by atoms with Crippen molar-refractivity contribution >= 4 is 28.4 Å². The highest BCUT2D eigenvalue weighted by atomic mass is 16.5. The molecule has 0 spiro atoms. The van der Waals surface area contributed by atoms with Crippen molar-refractivity contribution < 1.29 is 19.1 Å². The minimum Gasteiger partial charge on any atom is -0.496 e. The van der Waals surface area contributed by atoms with E-state index in [1.54, 1.807) is 42.4 Å². The molecule has 2 N–H and O–H groups in total. The summed E-state index contributed by atoms with van der Waals surface area (Å²) in [5.41, 5.74) is 8.07. The van der Waals surface area contributed by atoms with Crippen molar-refractivity contribution in [3.05, 3.63) is 53.7 Å². The maximum Gasteiger partial charge on any atom is 0.252 e. The van der Waals surface area contributed by atoms with Gasteiger partial charge in [-0.2, -0.15) is 0 Å². The first kappa shape index (κ1) is 20.1. The van der Waals surface area contributed by atoms with Crippen LogP contribution < -0.4 is 20.1 Å². The molecule has 29 heavy (non-hydrogen) atoms. The minimum atomic E-state index is -0.595. The van der Waals surface area contributed by atoms with Gasteiger partial charge in [-0.25, -0.2) is 0 Å². The van der Waals surface area contributed by atoms with E-state index in [0.717, 1.165) is 11.3 Å². The molecular formula is C22H23N3O4. The number of methoxy groups -OCH3 is 1. The Balaban J connectivity index is 2.00. The van der Waals surface area contributed by atoms with E-state index in [1.165, 1.54) is 7.11 Å². The van der Waals surface area contributed by atoms with Crippen molar-refractivity contribution in [2.45, 2.75) is 20.3 Å². The van der Waals surface area contributed by atoms with Gasteiger partial charge in [0.15, 0.2) is 0 Å². The molecule has 0 saturated heterocycles. The van der Waals surface area contributed by atoms with E-state index in [2.05, 4.69) is 4.98 Å². The molecular weight excluding hydrogens is 370 g/mol. The van der Waals surface area contributed by atoms with Crippen LogP contribution in [0.3, 0.4) is 0 Å². The first-order valence-electron chi connectivity index (χ1n) is 9.17. The lowest BCUT2D eigenvalue weighted by Crippen LogP contribution is -2.25. The number of aryl methyl sites for hydroxylation is 1. The Morgan fingerprint density at radius 3 is 2.52 bits per heavy atom. The lowest BCUT2D eigenvalue weighted by atomic mass is 10.1. The number of benzene rings is 2. The molecule has 0 atom stereocenters. The van der Waals surface area contributed by atoms with E-state index in [4.69, 9.17) is 15.2 Å². The minimum absolute atomic E-state index is 0.0369. The maximum atomic E-state index is 12.0. The summed E-state index contributed by atoms with van der Waals surface area (Å²) >= 11 is 0. The Hall–Kier alpha value is -3.61. The number of nitrogens with two attached hydrogens (primary N) is 1. The van der Waals surface area contributed by atoms with Crippen molar-refractivity contribution in [3.8, 4) is 17.2 Å². The molecule has 0 radical (unpaired) electrons. The number of carbonyl (C=O) groups excluding carboxylic acids is 2. The number of rotatable bonds is 6. The zero-order valence-electron chi connectivity index (χ0n) is 16.9. The fourth-order valence-electron chi connectivity index (χ4n) is 3.16. The van der Waals surface area contributed by atoms with Crippen LogP contribution in [0.1, 0.15) is 29.3 Å². The smallest absolute Gasteiger partial charge is 0.252 e. The average molecular weight is 393 g/mol. The third-order valence-electron chi connectivity index (χ3n) is 4.72. The number of anilines is 1. The molecule has 3 aromatic rings. The number of pyridine rings is 1. The van der Waals surface area contributed by atoms with Crippen LogP contribution in [-0.4, -0.2) is 31.0 Å². The van der Waals surface area contributed by atoms with Crippen LogP contribution in [-0.2, 0) is 4.79 Å². The van der Waals surface area contributed by atoms with E-state index >= 15 is 0 Å². The molecule has 0 aliphatic rings. The zero-order valence-corrected chi connectivity index (χ0v) is 16.9. The van der Waals surface area contributed by atoms with Gasteiger partial charge in [0.25, 0.3) is 5.91 Å². The normalized spacial score (nSPS) is 10.6. The highest BCUT2D eigenvalue weighted by Gasteiger charge is 2.15. The van der Waals surface area contributed by atoms with E-state index in [-0.39, 0.29) is 11.5 Å². The van der Waals surface area contributed by atoms with Gasteiger partial charge in [0.2, 0.25) is 5.91 Å². The van der Waals surface area contributed by atoms with E-state index < -0.39 is 5.91 Å². The monoisotopic (exact) mass is 393 g/mol. The molecule has 0 bridgehead atoms. The lowest BCUT2D eigenvalue weighted by molar-refractivity contribution is -0.118. The molecule has 1 heterocycles. The van der Waals surface area contributed by atoms with Crippen molar-refractivity contribution in [2.75, 3.05) is 19.1 Å².